The molecular formula is C19H23ClN2O. The van der Waals surface area contributed by atoms with Gasteiger partial charge in [-0.3, -0.25) is 4.79 Å². The van der Waals surface area contributed by atoms with Crippen molar-refractivity contribution in [2.24, 2.45) is 11.7 Å². The first-order chi connectivity index (χ1) is 10.7. The van der Waals surface area contributed by atoms with Crippen LogP contribution in [0.4, 0.5) is 0 Å². The normalized spacial score (nSPS) is 17.8. The number of rotatable bonds is 3. The summed E-state index contributed by atoms with van der Waals surface area (Å²) in [7, 11) is 0. The zero-order chi connectivity index (χ0) is 15.5. The second-order valence-electron chi connectivity index (χ2n) is 5.93. The van der Waals surface area contributed by atoms with Gasteiger partial charge in [-0.2, -0.15) is 0 Å². The highest BCUT2D eigenvalue weighted by Crippen LogP contribution is 2.35. The Kier molecular flexibility index (Phi) is 5.80. The Morgan fingerprint density at radius 2 is 1.83 bits per heavy atom. The van der Waals surface area contributed by atoms with E-state index in [9.17, 15) is 4.79 Å². The third-order valence-corrected chi connectivity index (χ3v) is 4.46. The minimum absolute atomic E-state index is 0. The molecule has 2 unspecified atom stereocenters. The quantitative estimate of drug-likeness (QED) is 0.939. The summed E-state index contributed by atoms with van der Waals surface area (Å²) in [6.45, 7) is 3.04. The fourth-order valence-corrected chi connectivity index (χ4v) is 3.18. The van der Waals surface area contributed by atoms with Crippen LogP contribution in [0.5, 0.6) is 0 Å². The molecule has 23 heavy (non-hydrogen) atoms. The van der Waals surface area contributed by atoms with Crippen molar-refractivity contribution in [3.05, 3.63) is 71.3 Å². The van der Waals surface area contributed by atoms with Crippen molar-refractivity contribution in [2.75, 3.05) is 13.1 Å². The first kappa shape index (κ1) is 17.5. The van der Waals surface area contributed by atoms with Crippen LogP contribution in [0.25, 0.3) is 0 Å². The van der Waals surface area contributed by atoms with Crippen LogP contribution in [-0.2, 0) is 11.2 Å². The minimum Gasteiger partial charge on any atom is -0.331 e. The molecule has 2 aromatic rings. The van der Waals surface area contributed by atoms with E-state index in [4.69, 9.17) is 5.73 Å². The monoisotopic (exact) mass is 330 g/mol. The number of carbonyl (C=O) groups is 1. The number of fused-ring (bicyclic) bond motifs is 1. The summed E-state index contributed by atoms with van der Waals surface area (Å²) in [6, 6.07) is 18.7. The van der Waals surface area contributed by atoms with E-state index in [0.29, 0.717) is 6.54 Å². The summed E-state index contributed by atoms with van der Waals surface area (Å²) in [6.07, 6.45) is 0.905. The number of hydrogen-bond acceptors (Lipinski definition) is 2. The molecular weight excluding hydrogens is 308 g/mol. The van der Waals surface area contributed by atoms with Crippen molar-refractivity contribution in [1.82, 2.24) is 4.90 Å². The molecule has 0 saturated carbocycles. The molecule has 0 radical (unpaired) electrons. The van der Waals surface area contributed by atoms with Gasteiger partial charge in [0.25, 0.3) is 0 Å². The van der Waals surface area contributed by atoms with Gasteiger partial charge in [0.2, 0.25) is 5.91 Å². The molecule has 1 aliphatic heterocycles. The number of carbonyl (C=O) groups excluding carboxylic acids is 1. The fourth-order valence-electron chi connectivity index (χ4n) is 3.18. The Balaban J connectivity index is 0.00000192. The third-order valence-electron chi connectivity index (χ3n) is 4.46. The Morgan fingerprint density at radius 1 is 1.17 bits per heavy atom. The van der Waals surface area contributed by atoms with Gasteiger partial charge in [-0.05, 0) is 23.1 Å². The molecule has 122 valence electrons. The smallest absolute Gasteiger partial charge is 0.227 e. The number of nitrogens with two attached hydrogens (primary N) is 1. The first-order valence-electron chi connectivity index (χ1n) is 7.85. The predicted molar refractivity (Wildman–Crippen MR) is 95.6 cm³/mol. The zero-order valence-corrected chi connectivity index (χ0v) is 14.1. The summed E-state index contributed by atoms with van der Waals surface area (Å²) >= 11 is 0. The molecule has 1 aliphatic rings. The van der Waals surface area contributed by atoms with Crippen LogP contribution < -0.4 is 5.73 Å². The van der Waals surface area contributed by atoms with Gasteiger partial charge in [0.1, 0.15) is 0 Å². The van der Waals surface area contributed by atoms with Crippen LogP contribution in [0.15, 0.2) is 54.6 Å². The minimum atomic E-state index is -0.142. The summed E-state index contributed by atoms with van der Waals surface area (Å²) in [5.74, 6) is 0.00216. The van der Waals surface area contributed by atoms with Crippen molar-refractivity contribution in [2.45, 2.75) is 19.4 Å². The lowest BCUT2D eigenvalue weighted by Crippen LogP contribution is -2.44. The lowest BCUT2D eigenvalue weighted by Gasteiger charge is -2.39. The van der Waals surface area contributed by atoms with Gasteiger partial charge in [0.05, 0.1) is 6.04 Å². The van der Waals surface area contributed by atoms with Crippen LogP contribution in [0.3, 0.4) is 0 Å². The molecule has 4 heteroatoms. The molecule has 1 amide bonds. The maximum atomic E-state index is 12.8. The number of benzene rings is 2. The van der Waals surface area contributed by atoms with Crippen molar-refractivity contribution >= 4 is 18.3 Å². The van der Waals surface area contributed by atoms with Crippen LogP contribution in [0, 0.1) is 5.92 Å². The van der Waals surface area contributed by atoms with Crippen molar-refractivity contribution < 1.29 is 4.79 Å². The molecule has 3 rings (SSSR count). The molecule has 0 spiro atoms. The highest BCUT2D eigenvalue weighted by atomic mass is 35.5. The predicted octanol–water partition coefficient (Wildman–Crippen LogP) is 3.18. The molecule has 0 aromatic heterocycles. The maximum Gasteiger partial charge on any atom is 0.227 e. The van der Waals surface area contributed by atoms with E-state index in [1.807, 2.05) is 30.0 Å². The van der Waals surface area contributed by atoms with Gasteiger partial charge >= 0.3 is 0 Å². The highest BCUT2D eigenvalue weighted by molar-refractivity contribution is 5.85. The molecule has 3 nitrogen and oxygen atoms in total. The second kappa shape index (κ2) is 7.62. The van der Waals surface area contributed by atoms with Crippen molar-refractivity contribution in [3.63, 3.8) is 0 Å². The second-order valence-corrected chi connectivity index (χ2v) is 5.93. The highest BCUT2D eigenvalue weighted by Gasteiger charge is 2.33. The van der Waals surface area contributed by atoms with Gasteiger partial charge in [-0.15, -0.1) is 12.4 Å². The lowest BCUT2D eigenvalue weighted by atomic mass is 9.87. The van der Waals surface area contributed by atoms with Crippen LogP contribution in [0.2, 0.25) is 0 Å². The molecule has 1 heterocycles. The van der Waals surface area contributed by atoms with Crippen molar-refractivity contribution in [1.29, 1.82) is 0 Å². The Bertz CT molecular complexity index is 659. The summed E-state index contributed by atoms with van der Waals surface area (Å²) in [4.78, 5) is 14.8. The van der Waals surface area contributed by atoms with Crippen LogP contribution >= 0.6 is 12.4 Å². The van der Waals surface area contributed by atoms with E-state index >= 15 is 0 Å². The summed E-state index contributed by atoms with van der Waals surface area (Å²) < 4.78 is 0. The molecule has 2 N–H and O–H groups in total. The Morgan fingerprint density at radius 3 is 2.52 bits per heavy atom. The Hall–Kier alpha value is -1.84. The first-order valence-corrected chi connectivity index (χ1v) is 7.85. The maximum absolute atomic E-state index is 12.8. The van der Waals surface area contributed by atoms with E-state index in [-0.39, 0.29) is 30.3 Å². The number of halogens is 1. The van der Waals surface area contributed by atoms with E-state index in [1.165, 1.54) is 11.1 Å². The molecule has 0 bridgehead atoms. The number of nitrogens with zero attached hydrogens (tertiary/aromatic N) is 1. The topological polar surface area (TPSA) is 46.3 Å². The molecule has 0 saturated heterocycles. The SMILES string of the molecule is CC(CN)C(=O)N1CCc2ccccc2C1c1ccccc1.Cl. The molecule has 0 aliphatic carbocycles. The van der Waals surface area contributed by atoms with E-state index in [1.54, 1.807) is 0 Å². The molecule has 2 aromatic carbocycles. The zero-order valence-electron chi connectivity index (χ0n) is 13.3. The van der Waals surface area contributed by atoms with E-state index < -0.39 is 0 Å². The summed E-state index contributed by atoms with van der Waals surface area (Å²) in [5, 5.41) is 0. The average Bonchev–Trinajstić information content (AvgIpc) is 2.60. The van der Waals surface area contributed by atoms with Crippen LogP contribution in [-0.4, -0.2) is 23.9 Å². The van der Waals surface area contributed by atoms with Gasteiger partial charge in [0.15, 0.2) is 0 Å². The number of hydrogen-bond donors (Lipinski definition) is 1. The van der Waals surface area contributed by atoms with Gasteiger partial charge in [0, 0.05) is 19.0 Å². The van der Waals surface area contributed by atoms with E-state index in [0.717, 1.165) is 18.5 Å². The average molecular weight is 331 g/mol. The molecule has 0 fully saturated rings. The van der Waals surface area contributed by atoms with E-state index in [2.05, 4.69) is 36.4 Å². The lowest BCUT2D eigenvalue weighted by molar-refractivity contribution is -0.136. The van der Waals surface area contributed by atoms with Gasteiger partial charge < -0.3 is 10.6 Å². The standard InChI is InChI=1S/C19H22N2O.ClH/c1-14(13-20)19(22)21-12-11-15-7-5-6-10-17(15)18(21)16-8-3-2-4-9-16;/h2-10,14,18H,11-13,20H2,1H3;1H. The van der Waals surface area contributed by atoms with Crippen molar-refractivity contribution in [3.8, 4) is 0 Å². The third kappa shape index (κ3) is 3.41. The van der Waals surface area contributed by atoms with Gasteiger partial charge in [-0.25, -0.2) is 0 Å². The fraction of sp³-hybridized carbons (Fsp3) is 0.316. The molecule has 2 atom stereocenters. The summed E-state index contributed by atoms with van der Waals surface area (Å²) in [5.41, 5.74) is 9.44. The van der Waals surface area contributed by atoms with Gasteiger partial charge in [-0.1, -0.05) is 61.5 Å². The number of amides is 1. The largest absolute Gasteiger partial charge is 0.331 e. The Labute approximate surface area is 143 Å². The van der Waals surface area contributed by atoms with Crippen LogP contribution in [0.1, 0.15) is 29.7 Å².